The number of amides is 1. The largest absolute Gasteiger partial charge is 0.326 e. The average molecular weight is 380 g/mol. The quantitative estimate of drug-likeness (QED) is 0.764. The minimum absolute atomic E-state index is 0.0679. The lowest BCUT2D eigenvalue weighted by Crippen LogP contribution is -2.35. The first-order chi connectivity index (χ1) is 11.1. The topological polar surface area (TPSA) is 44.4 Å². The lowest BCUT2D eigenvalue weighted by atomic mass is 10.1. The molecule has 5 heteroatoms. The highest BCUT2D eigenvalue weighted by Crippen LogP contribution is 2.31. The van der Waals surface area contributed by atoms with Gasteiger partial charge in [0.05, 0.1) is 0 Å². The van der Waals surface area contributed by atoms with Crippen molar-refractivity contribution >= 4 is 27.5 Å². The molecule has 2 unspecified atom stereocenters. The van der Waals surface area contributed by atoms with Gasteiger partial charge in [-0.3, -0.25) is 4.79 Å². The normalized spacial score (nSPS) is 23.0. The van der Waals surface area contributed by atoms with Crippen LogP contribution in [0.2, 0.25) is 0 Å². The second-order valence-corrected chi connectivity index (χ2v) is 7.86. The van der Waals surface area contributed by atoms with Crippen molar-refractivity contribution < 1.29 is 4.79 Å². The Hall–Kier alpha value is -0.910. The molecule has 1 aliphatic heterocycles. The van der Waals surface area contributed by atoms with Gasteiger partial charge in [-0.2, -0.15) is 0 Å². The highest BCUT2D eigenvalue weighted by atomic mass is 79.9. The summed E-state index contributed by atoms with van der Waals surface area (Å²) in [6.07, 6.45) is 4.59. The van der Waals surface area contributed by atoms with Gasteiger partial charge in [0.15, 0.2) is 0 Å². The highest BCUT2D eigenvalue weighted by Gasteiger charge is 2.34. The monoisotopic (exact) mass is 379 g/mol. The molecule has 1 aromatic carbocycles. The van der Waals surface area contributed by atoms with Crippen LogP contribution in [0.5, 0.6) is 0 Å². The number of nitrogens with one attached hydrogen (secondary N) is 2. The average Bonchev–Trinajstić information content (AvgIpc) is 3.26. The molecule has 3 rings (SSSR count). The minimum atomic E-state index is 0.0679. The van der Waals surface area contributed by atoms with Gasteiger partial charge < -0.3 is 15.5 Å². The van der Waals surface area contributed by atoms with Crippen molar-refractivity contribution in [2.45, 2.75) is 44.7 Å². The van der Waals surface area contributed by atoms with Crippen LogP contribution in [-0.4, -0.2) is 42.5 Å². The molecule has 0 aromatic heterocycles. The van der Waals surface area contributed by atoms with E-state index in [4.69, 9.17) is 0 Å². The lowest BCUT2D eigenvalue weighted by Gasteiger charge is -2.18. The molecule has 0 spiro atoms. The summed E-state index contributed by atoms with van der Waals surface area (Å²) in [4.78, 5) is 14.7. The van der Waals surface area contributed by atoms with Crippen molar-refractivity contribution in [3.05, 3.63) is 28.7 Å². The van der Waals surface area contributed by atoms with Crippen molar-refractivity contribution in [3.63, 3.8) is 0 Å². The molecule has 2 aliphatic rings. The van der Waals surface area contributed by atoms with E-state index in [1.165, 1.54) is 32.4 Å². The van der Waals surface area contributed by atoms with E-state index in [-0.39, 0.29) is 11.9 Å². The Labute approximate surface area is 147 Å². The van der Waals surface area contributed by atoms with Crippen LogP contribution in [0.3, 0.4) is 0 Å². The fourth-order valence-electron chi connectivity index (χ4n) is 3.26. The molecule has 4 nitrogen and oxygen atoms in total. The smallest absolute Gasteiger partial charge is 0.225 e. The van der Waals surface area contributed by atoms with Gasteiger partial charge in [0.25, 0.3) is 0 Å². The number of rotatable bonds is 7. The molecule has 1 heterocycles. The molecule has 0 radical (unpaired) electrons. The molecular formula is C18H26BrN3O. The molecule has 1 saturated carbocycles. The predicted octanol–water partition coefficient (Wildman–Crippen LogP) is 3.24. The molecule has 23 heavy (non-hydrogen) atoms. The highest BCUT2D eigenvalue weighted by molar-refractivity contribution is 9.10. The summed E-state index contributed by atoms with van der Waals surface area (Å²) in [6, 6.07) is 8.77. The Kier molecular flexibility index (Phi) is 5.72. The zero-order valence-electron chi connectivity index (χ0n) is 13.7. The second-order valence-electron chi connectivity index (χ2n) is 6.95. The fraction of sp³-hybridized carbons (Fsp3) is 0.611. The summed E-state index contributed by atoms with van der Waals surface area (Å²) in [6.45, 7) is 5.61. The van der Waals surface area contributed by atoms with Crippen LogP contribution in [0.1, 0.15) is 32.6 Å². The predicted molar refractivity (Wildman–Crippen MR) is 97.6 cm³/mol. The first-order valence-corrected chi connectivity index (χ1v) is 9.42. The summed E-state index contributed by atoms with van der Waals surface area (Å²) in [5.41, 5.74) is 0.848. The third-order valence-corrected chi connectivity index (χ3v) is 5.28. The van der Waals surface area contributed by atoms with E-state index in [0.717, 1.165) is 28.7 Å². The van der Waals surface area contributed by atoms with E-state index in [1.807, 2.05) is 24.3 Å². The van der Waals surface area contributed by atoms with E-state index >= 15 is 0 Å². The Bertz CT molecular complexity index is 530. The van der Waals surface area contributed by atoms with Crippen LogP contribution in [0.15, 0.2) is 28.7 Å². The third kappa shape index (κ3) is 5.30. The molecular weight excluding hydrogens is 354 g/mol. The van der Waals surface area contributed by atoms with E-state index in [1.54, 1.807) is 0 Å². The lowest BCUT2D eigenvalue weighted by molar-refractivity contribution is -0.116. The van der Waals surface area contributed by atoms with Gasteiger partial charge in [-0.25, -0.2) is 0 Å². The Morgan fingerprint density at radius 1 is 1.30 bits per heavy atom. The van der Waals surface area contributed by atoms with Gasteiger partial charge in [-0.05, 0) is 69.5 Å². The van der Waals surface area contributed by atoms with E-state index in [0.29, 0.717) is 6.42 Å². The fourth-order valence-corrected chi connectivity index (χ4v) is 3.53. The Morgan fingerprint density at radius 3 is 2.74 bits per heavy atom. The molecule has 0 bridgehead atoms. The Balaban J connectivity index is 1.34. The number of hydrogen-bond acceptors (Lipinski definition) is 3. The molecule has 2 N–H and O–H groups in total. The number of nitrogens with zero attached hydrogens (tertiary/aromatic N) is 1. The molecule has 1 aromatic rings. The number of carbonyl (C=O) groups excluding carboxylic acids is 1. The van der Waals surface area contributed by atoms with Crippen LogP contribution in [0.25, 0.3) is 0 Å². The number of likely N-dealkylation sites (tertiary alicyclic amines) is 1. The summed E-state index contributed by atoms with van der Waals surface area (Å²) < 4.78 is 1.02. The van der Waals surface area contributed by atoms with Gasteiger partial charge in [0.2, 0.25) is 5.91 Å². The maximum Gasteiger partial charge on any atom is 0.225 e. The summed E-state index contributed by atoms with van der Waals surface area (Å²) >= 11 is 3.40. The molecule has 2 atom stereocenters. The molecule has 1 saturated heterocycles. The summed E-state index contributed by atoms with van der Waals surface area (Å²) in [5, 5.41) is 6.49. The zero-order valence-corrected chi connectivity index (χ0v) is 15.3. The minimum Gasteiger partial charge on any atom is -0.326 e. The van der Waals surface area contributed by atoms with Crippen LogP contribution in [-0.2, 0) is 4.79 Å². The zero-order chi connectivity index (χ0) is 16.2. The number of benzene rings is 1. The second kappa shape index (κ2) is 7.77. The van der Waals surface area contributed by atoms with Crippen LogP contribution >= 0.6 is 15.9 Å². The van der Waals surface area contributed by atoms with Crippen molar-refractivity contribution in [1.82, 2.24) is 10.2 Å². The number of hydrogen-bond donors (Lipinski definition) is 2. The Morgan fingerprint density at radius 2 is 2.04 bits per heavy atom. The number of carbonyl (C=O) groups is 1. The first-order valence-electron chi connectivity index (χ1n) is 8.63. The first kappa shape index (κ1) is 16.9. The van der Waals surface area contributed by atoms with Gasteiger partial charge in [-0.1, -0.05) is 15.9 Å². The summed E-state index contributed by atoms with van der Waals surface area (Å²) in [5.74, 6) is 0.811. The van der Waals surface area contributed by atoms with Gasteiger partial charge in [-0.15, -0.1) is 0 Å². The van der Waals surface area contributed by atoms with E-state index in [2.05, 4.69) is 38.4 Å². The third-order valence-electron chi connectivity index (χ3n) is 4.76. The van der Waals surface area contributed by atoms with Gasteiger partial charge in [0.1, 0.15) is 0 Å². The van der Waals surface area contributed by atoms with E-state index in [9.17, 15) is 4.79 Å². The van der Waals surface area contributed by atoms with Crippen LogP contribution in [0, 0.1) is 5.92 Å². The standard InChI is InChI=1S/C18H26BrN3O/c1-13(10-18(23)21-16-4-2-15(19)3-5-16)20-11-14-8-9-22(12-14)17-6-7-17/h2-5,13-14,17,20H,6-12H2,1H3,(H,21,23). The molecule has 1 aliphatic carbocycles. The number of anilines is 1. The summed E-state index contributed by atoms with van der Waals surface area (Å²) in [7, 11) is 0. The molecule has 1 amide bonds. The molecule has 126 valence electrons. The van der Waals surface area contributed by atoms with Crippen LogP contribution in [0.4, 0.5) is 5.69 Å². The SMILES string of the molecule is CC(CC(=O)Nc1ccc(Br)cc1)NCC1CCN(C2CC2)C1. The number of halogens is 1. The van der Waals surface area contributed by atoms with Crippen molar-refractivity contribution in [3.8, 4) is 0 Å². The van der Waals surface area contributed by atoms with Crippen LogP contribution < -0.4 is 10.6 Å². The molecule has 2 fully saturated rings. The maximum atomic E-state index is 12.1. The maximum absolute atomic E-state index is 12.1. The van der Waals surface area contributed by atoms with Crippen molar-refractivity contribution in [1.29, 1.82) is 0 Å². The van der Waals surface area contributed by atoms with Crippen molar-refractivity contribution in [2.24, 2.45) is 5.92 Å². The van der Waals surface area contributed by atoms with Gasteiger partial charge >= 0.3 is 0 Å². The van der Waals surface area contributed by atoms with Gasteiger partial charge in [0, 0.05) is 35.2 Å². The van der Waals surface area contributed by atoms with E-state index < -0.39 is 0 Å². The van der Waals surface area contributed by atoms with Crippen molar-refractivity contribution in [2.75, 3.05) is 25.0 Å².